The molecule has 0 aromatic rings. The lowest BCUT2D eigenvalue weighted by Crippen LogP contribution is -2.26. The lowest BCUT2D eigenvalue weighted by molar-refractivity contribution is 0.292. The summed E-state index contributed by atoms with van der Waals surface area (Å²) in [5.41, 5.74) is 0. The molecule has 0 saturated heterocycles. The van der Waals surface area contributed by atoms with Gasteiger partial charge in [0.2, 0.25) is 0 Å². The van der Waals surface area contributed by atoms with Crippen LogP contribution >= 0.6 is 11.8 Å². The Morgan fingerprint density at radius 2 is 2.11 bits per heavy atom. The van der Waals surface area contributed by atoms with Crippen molar-refractivity contribution in [3.8, 4) is 0 Å². The van der Waals surface area contributed by atoms with E-state index in [2.05, 4.69) is 12.2 Å². The summed E-state index contributed by atoms with van der Waals surface area (Å²) in [6, 6.07) is 0. The molecule has 2 saturated carbocycles. The molecular weight excluding hydrogens is 268 g/mol. The fraction of sp³-hybridized carbons (Fsp3) is 0.846. The Hall–Kier alpha value is -0.000000000000000111. The minimum atomic E-state index is -3.77. The van der Waals surface area contributed by atoms with E-state index in [1.54, 1.807) is 0 Å². The molecule has 0 amide bonds. The first-order valence-corrected chi connectivity index (χ1v) is 9.44. The smallest absolute Gasteiger partial charge is 0.264 e. The van der Waals surface area contributed by atoms with E-state index in [9.17, 15) is 8.42 Å². The zero-order valence-electron chi connectivity index (χ0n) is 10.4. The minimum absolute atomic E-state index is 0.0889. The first kappa shape index (κ1) is 13.0. The molecule has 0 radical (unpaired) electrons. The van der Waals surface area contributed by atoms with Gasteiger partial charge in [0.05, 0.1) is 5.75 Å². The highest BCUT2D eigenvalue weighted by atomic mass is 32.2. The molecule has 3 nitrogen and oxygen atoms in total. The lowest BCUT2D eigenvalue weighted by atomic mass is 9.81. The summed E-state index contributed by atoms with van der Waals surface area (Å²) >= 11 is 1.93. The van der Waals surface area contributed by atoms with Crippen molar-refractivity contribution in [1.82, 2.24) is 0 Å². The van der Waals surface area contributed by atoms with Crippen LogP contribution in [0, 0.1) is 23.7 Å². The van der Waals surface area contributed by atoms with Crippen molar-refractivity contribution in [2.24, 2.45) is 23.7 Å². The second kappa shape index (κ2) is 4.84. The molecule has 3 aliphatic rings. The largest absolute Gasteiger partial charge is 0.286 e. The van der Waals surface area contributed by atoms with Gasteiger partial charge in [-0.05, 0) is 55.1 Å². The predicted molar refractivity (Wildman–Crippen MR) is 74.2 cm³/mol. The number of rotatable bonds is 5. The van der Waals surface area contributed by atoms with Gasteiger partial charge >= 0.3 is 0 Å². The maximum absolute atomic E-state index is 10.6. The van der Waals surface area contributed by atoms with Crippen molar-refractivity contribution >= 4 is 21.9 Å². The van der Waals surface area contributed by atoms with Gasteiger partial charge < -0.3 is 0 Å². The molecule has 1 N–H and O–H groups in total. The fourth-order valence-electron chi connectivity index (χ4n) is 4.16. The van der Waals surface area contributed by atoms with E-state index < -0.39 is 10.1 Å². The minimum Gasteiger partial charge on any atom is -0.286 e. The molecular formula is C13H20O3S2. The van der Waals surface area contributed by atoms with Crippen LogP contribution in [0.2, 0.25) is 0 Å². The molecule has 102 valence electrons. The van der Waals surface area contributed by atoms with Gasteiger partial charge in [-0.1, -0.05) is 12.2 Å². The zero-order valence-corrected chi connectivity index (χ0v) is 12.0. The lowest BCUT2D eigenvalue weighted by Gasteiger charge is -2.31. The highest BCUT2D eigenvalue weighted by molar-refractivity contribution is 7.99. The number of thioether (sulfide) groups is 1. The quantitative estimate of drug-likeness (QED) is 0.480. The Kier molecular flexibility index (Phi) is 3.49. The van der Waals surface area contributed by atoms with E-state index in [1.807, 2.05) is 11.8 Å². The van der Waals surface area contributed by atoms with Crippen molar-refractivity contribution in [2.75, 3.05) is 11.5 Å². The first-order valence-electron chi connectivity index (χ1n) is 6.78. The van der Waals surface area contributed by atoms with E-state index in [0.717, 1.165) is 34.7 Å². The molecule has 5 heteroatoms. The first-order chi connectivity index (χ1) is 8.54. The number of hydrogen-bond donors (Lipinski definition) is 1. The molecule has 0 aliphatic heterocycles. The average Bonchev–Trinajstić information content (AvgIpc) is 2.94. The summed E-state index contributed by atoms with van der Waals surface area (Å²) in [6.45, 7) is 0. The Morgan fingerprint density at radius 3 is 2.89 bits per heavy atom. The summed E-state index contributed by atoms with van der Waals surface area (Å²) in [7, 11) is -3.77. The van der Waals surface area contributed by atoms with Crippen molar-refractivity contribution in [3.63, 3.8) is 0 Å². The van der Waals surface area contributed by atoms with Gasteiger partial charge in [-0.3, -0.25) is 4.55 Å². The molecule has 0 spiro atoms. The molecule has 0 unspecified atom stereocenters. The molecule has 0 heterocycles. The van der Waals surface area contributed by atoms with Crippen LogP contribution in [0.15, 0.2) is 12.2 Å². The molecule has 0 aromatic heterocycles. The molecule has 3 aliphatic carbocycles. The van der Waals surface area contributed by atoms with Crippen LogP contribution in [0.3, 0.4) is 0 Å². The normalized spacial score (nSPS) is 41.5. The third-order valence-corrected chi connectivity index (χ3v) is 7.12. The third kappa shape index (κ3) is 2.49. The van der Waals surface area contributed by atoms with Crippen LogP contribution in [0.1, 0.15) is 25.7 Å². The summed E-state index contributed by atoms with van der Waals surface area (Å²) in [4.78, 5) is 0. The van der Waals surface area contributed by atoms with Gasteiger partial charge in [0, 0.05) is 5.25 Å². The van der Waals surface area contributed by atoms with Crippen molar-refractivity contribution in [2.45, 2.75) is 30.9 Å². The van der Waals surface area contributed by atoms with Gasteiger partial charge in [-0.15, -0.1) is 0 Å². The molecule has 5 atom stereocenters. The number of fused-ring (bicyclic) bond motifs is 5. The molecule has 2 bridgehead atoms. The molecule has 2 fully saturated rings. The van der Waals surface area contributed by atoms with Gasteiger partial charge in [0.25, 0.3) is 10.1 Å². The average molecular weight is 288 g/mol. The van der Waals surface area contributed by atoms with Gasteiger partial charge in [0.15, 0.2) is 0 Å². The maximum Gasteiger partial charge on any atom is 0.264 e. The summed E-state index contributed by atoms with van der Waals surface area (Å²) in [6.07, 6.45) is 9.30. The maximum atomic E-state index is 10.6. The third-order valence-electron chi connectivity index (χ3n) is 4.82. The Morgan fingerprint density at radius 1 is 1.28 bits per heavy atom. The molecule has 0 aromatic carbocycles. The van der Waals surface area contributed by atoms with Crippen LogP contribution in [-0.2, 0) is 10.1 Å². The highest BCUT2D eigenvalue weighted by Gasteiger charge is 2.52. The highest BCUT2D eigenvalue weighted by Crippen LogP contribution is 2.59. The van der Waals surface area contributed by atoms with E-state index >= 15 is 0 Å². The molecule has 3 rings (SSSR count). The van der Waals surface area contributed by atoms with Crippen molar-refractivity contribution in [3.05, 3.63) is 12.2 Å². The van der Waals surface area contributed by atoms with Crippen LogP contribution in [0.25, 0.3) is 0 Å². The second-order valence-electron chi connectivity index (χ2n) is 5.85. The molecule has 18 heavy (non-hydrogen) atoms. The van der Waals surface area contributed by atoms with Gasteiger partial charge in [-0.25, -0.2) is 0 Å². The summed E-state index contributed by atoms with van der Waals surface area (Å²) in [5, 5.41) is 0.734. The van der Waals surface area contributed by atoms with Crippen LogP contribution in [0.4, 0.5) is 0 Å². The SMILES string of the molecule is O=S(=O)(O)CCCS[C@H]1C[C@H]2C[C@@H]1[C@@H]1CC=C[C@H]21. The Labute approximate surface area is 113 Å². The Bertz CT molecular complexity index is 443. The van der Waals surface area contributed by atoms with E-state index in [0.29, 0.717) is 6.42 Å². The predicted octanol–water partition coefficient (Wildman–Crippen LogP) is 2.60. The van der Waals surface area contributed by atoms with Crippen LogP contribution in [-0.4, -0.2) is 29.7 Å². The van der Waals surface area contributed by atoms with Gasteiger partial charge in [0.1, 0.15) is 0 Å². The second-order valence-corrected chi connectivity index (χ2v) is 8.77. The van der Waals surface area contributed by atoms with Crippen LogP contribution < -0.4 is 0 Å². The zero-order chi connectivity index (χ0) is 12.8. The van der Waals surface area contributed by atoms with E-state index in [-0.39, 0.29) is 5.75 Å². The Balaban J connectivity index is 1.46. The summed E-state index contributed by atoms with van der Waals surface area (Å²) in [5.74, 6) is 4.24. The topological polar surface area (TPSA) is 54.4 Å². The van der Waals surface area contributed by atoms with Crippen molar-refractivity contribution < 1.29 is 13.0 Å². The van der Waals surface area contributed by atoms with Gasteiger partial charge in [-0.2, -0.15) is 20.2 Å². The van der Waals surface area contributed by atoms with E-state index in [1.165, 1.54) is 19.3 Å². The van der Waals surface area contributed by atoms with E-state index in [4.69, 9.17) is 4.55 Å². The van der Waals surface area contributed by atoms with Crippen molar-refractivity contribution in [1.29, 1.82) is 0 Å². The monoisotopic (exact) mass is 288 g/mol. The fourth-order valence-corrected chi connectivity index (χ4v) is 6.41. The summed E-state index contributed by atoms with van der Waals surface area (Å²) < 4.78 is 30.0. The number of hydrogen-bond acceptors (Lipinski definition) is 3. The standard InChI is InChI=1S/C13H20O3S2/c14-18(15,16)6-2-5-17-13-8-9-7-12(13)11-4-1-3-10(9)11/h1,3,9-13H,2,4-8H2,(H,14,15,16)/t9-,10-,11-,12-,13+/m1/s1. The van der Waals surface area contributed by atoms with Crippen LogP contribution in [0.5, 0.6) is 0 Å². The number of allylic oxidation sites excluding steroid dienone is 2.